The van der Waals surface area contributed by atoms with Crippen molar-refractivity contribution in [1.82, 2.24) is 0 Å². The van der Waals surface area contributed by atoms with Gasteiger partial charge in [0.1, 0.15) is 12.4 Å². The van der Waals surface area contributed by atoms with Gasteiger partial charge in [-0.25, -0.2) is 0 Å². The Labute approximate surface area is 135 Å². The maximum atomic E-state index is 10.5. The molecule has 0 radical (unpaired) electrons. The fraction of sp³-hybridized carbons (Fsp3) is 0.0500. The summed E-state index contributed by atoms with van der Waals surface area (Å²) in [4.78, 5) is 10.5. The molecule has 3 aromatic rings. The van der Waals surface area contributed by atoms with Gasteiger partial charge in [-0.15, -0.1) is 0 Å². The molecule has 0 aliphatic carbocycles. The lowest BCUT2D eigenvalue weighted by molar-refractivity contribution is -0.105. The van der Waals surface area contributed by atoms with Crippen LogP contribution in [0.4, 0.5) is 5.69 Å². The minimum absolute atomic E-state index is 0.530. The molecule has 3 nitrogen and oxygen atoms in total. The molecule has 1 amide bonds. The van der Waals surface area contributed by atoms with Crippen molar-refractivity contribution < 1.29 is 9.53 Å². The van der Waals surface area contributed by atoms with Crippen LogP contribution >= 0.6 is 0 Å². The van der Waals surface area contributed by atoms with Gasteiger partial charge in [0.25, 0.3) is 0 Å². The maximum absolute atomic E-state index is 10.5. The number of amides is 1. The fourth-order valence-corrected chi connectivity index (χ4v) is 2.38. The van der Waals surface area contributed by atoms with Crippen LogP contribution in [0.5, 0.6) is 5.75 Å². The van der Waals surface area contributed by atoms with Crippen molar-refractivity contribution in [3.8, 4) is 16.9 Å². The van der Waals surface area contributed by atoms with E-state index in [9.17, 15) is 4.79 Å². The molecule has 3 rings (SSSR count). The number of para-hydroxylation sites is 1. The average molecular weight is 303 g/mol. The highest BCUT2D eigenvalue weighted by Crippen LogP contribution is 2.31. The van der Waals surface area contributed by atoms with Gasteiger partial charge in [0.05, 0.1) is 0 Å². The lowest BCUT2D eigenvalue weighted by Crippen LogP contribution is -1.97. The highest BCUT2D eigenvalue weighted by Gasteiger charge is 2.06. The van der Waals surface area contributed by atoms with Gasteiger partial charge in [-0.3, -0.25) is 4.79 Å². The Morgan fingerprint density at radius 1 is 0.826 bits per heavy atom. The third-order valence-corrected chi connectivity index (χ3v) is 3.55. The Morgan fingerprint density at radius 3 is 2.26 bits per heavy atom. The molecule has 0 saturated heterocycles. The van der Waals surface area contributed by atoms with E-state index in [0.29, 0.717) is 13.0 Å². The van der Waals surface area contributed by atoms with Gasteiger partial charge >= 0.3 is 0 Å². The summed E-state index contributed by atoms with van der Waals surface area (Å²) in [5.41, 5.74) is 3.98. The van der Waals surface area contributed by atoms with Gasteiger partial charge in [-0.2, -0.15) is 0 Å². The van der Waals surface area contributed by atoms with Crippen LogP contribution in [0.1, 0.15) is 5.56 Å². The summed E-state index contributed by atoms with van der Waals surface area (Å²) in [6, 6.07) is 25.7. The minimum Gasteiger partial charge on any atom is -0.488 e. The van der Waals surface area contributed by atoms with Crippen LogP contribution in [0.2, 0.25) is 0 Å². The number of hydrogen-bond donors (Lipinski definition) is 1. The van der Waals surface area contributed by atoms with Crippen molar-refractivity contribution in [1.29, 1.82) is 0 Å². The van der Waals surface area contributed by atoms with Crippen molar-refractivity contribution in [2.45, 2.75) is 6.61 Å². The molecule has 3 heteroatoms. The van der Waals surface area contributed by atoms with Crippen molar-refractivity contribution in [3.05, 3.63) is 84.4 Å². The number of ether oxygens (including phenoxy) is 1. The Hall–Kier alpha value is -3.07. The van der Waals surface area contributed by atoms with E-state index in [1.165, 1.54) is 0 Å². The van der Waals surface area contributed by atoms with E-state index in [4.69, 9.17) is 4.74 Å². The molecule has 0 heterocycles. The summed E-state index contributed by atoms with van der Waals surface area (Å²) in [7, 11) is 0. The molecular weight excluding hydrogens is 286 g/mol. The molecule has 23 heavy (non-hydrogen) atoms. The van der Waals surface area contributed by atoms with Gasteiger partial charge in [-0.1, -0.05) is 60.7 Å². The fourth-order valence-electron chi connectivity index (χ4n) is 2.38. The molecule has 0 atom stereocenters. The molecule has 0 unspecified atom stereocenters. The first-order chi connectivity index (χ1) is 11.4. The lowest BCUT2D eigenvalue weighted by Gasteiger charge is -2.12. The maximum Gasteiger partial charge on any atom is 0.211 e. The van der Waals surface area contributed by atoms with Gasteiger partial charge in [-0.05, 0) is 29.3 Å². The number of nitrogens with one attached hydrogen (secondary N) is 1. The van der Waals surface area contributed by atoms with Crippen LogP contribution in [0.25, 0.3) is 11.1 Å². The molecule has 0 bridgehead atoms. The monoisotopic (exact) mass is 303 g/mol. The number of benzene rings is 3. The summed E-state index contributed by atoms with van der Waals surface area (Å²) in [6.45, 7) is 0.530. The standard InChI is InChI=1S/C20H17NO2/c22-15-21-18-12-10-17(11-13-18)19-8-4-5-9-20(19)23-14-16-6-2-1-3-7-16/h1-13,15H,14H2,(H,21,22). The molecule has 1 N–H and O–H groups in total. The van der Waals surface area contributed by atoms with Gasteiger partial charge in [0.2, 0.25) is 6.41 Å². The number of carbonyl (C=O) groups is 1. The van der Waals surface area contributed by atoms with E-state index in [-0.39, 0.29) is 0 Å². The topological polar surface area (TPSA) is 38.3 Å². The summed E-state index contributed by atoms with van der Waals surface area (Å²) in [6.07, 6.45) is 0.673. The van der Waals surface area contributed by atoms with E-state index in [1.54, 1.807) is 0 Å². The van der Waals surface area contributed by atoms with Crippen LogP contribution in [-0.4, -0.2) is 6.41 Å². The van der Waals surface area contributed by atoms with Crippen LogP contribution in [0.15, 0.2) is 78.9 Å². The van der Waals surface area contributed by atoms with Crippen molar-refractivity contribution >= 4 is 12.1 Å². The highest BCUT2D eigenvalue weighted by molar-refractivity contribution is 5.75. The molecule has 0 aromatic heterocycles. The Bertz CT molecular complexity index is 767. The summed E-state index contributed by atoms with van der Waals surface area (Å²) >= 11 is 0. The molecule has 0 spiro atoms. The average Bonchev–Trinajstić information content (AvgIpc) is 2.62. The molecule has 0 aliphatic heterocycles. The Balaban J connectivity index is 1.81. The lowest BCUT2D eigenvalue weighted by atomic mass is 10.0. The second-order valence-corrected chi connectivity index (χ2v) is 5.11. The van der Waals surface area contributed by atoms with Crippen LogP contribution in [0.3, 0.4) is 0 Å². The van der Waals surface area contributed by atoms with E-state index < -0.39 is 0 Å². The smallest absolute Gasteiger partial charge is 0.211 e. The van der Waals surface area contributed by atoms with Crippen LogP contribution in [-0.2, 0) is 11.4 Å². The Kier molecular flexibility index (Phi) is 4.69. The zero-order chi connectivity index (χ0) is 15.9. The number of carbonyl (C=O) groups excluding carboxylic acids is 1. The van der Waals surface area contributed by atoms with Gasteiger partial charge in [0.15, 0.2) is 0 Å². The van der Waals surface area contributed by atoms with Gasteiger partial charge < -0.3 is 10.1 Å². The second kappa shape index (κ2) is 7.27. The number of hydrogen-bond acceptors (Lipinski definition) is 2. The van der Waals surface area contributed by atoms with E-state index in [1.807, 2.05) is 78.9 Å². The third kappa shape index (κ3) is 3.77. The van der Waals surface area contributed by atoms with Crippen LogP contribution < -0.4 is 10.1 Å². The predicted molar refractivity (Wildman–Crippen MR) is 92.3 cm³/mol. The molecule has 3 aromatic carbocycles. The van der Waals surface area contributed by atoms with E-state index in [0.717, 1.165) is 28.1 Å². The van der Waals surface area contributed by atoms with Crippen molar-refractivity contribution in [2.75, 3.05) is 5.32 Å². The minimum atomic E-state index is 0.530. The van der Waals surface area contributed by atoms with Gasteiger partial charge in [0, 0.05) is 11.3 Å². The largest absolute Gasteiger partial charge is 0.488 e. The zero-order valence-corrected chi connectivity index (χ0v) is 12.6. The first-order valence-electron chi connectivity index (χ1n) is 7.43. The third-order valence-electron chi connectivity index (χ3n) is 3.55. The first-order valence-corrected chi connectivity index (χ1v) is 7.43. The molecule has 0 saturated carbocycles. The van der Waals surface area contributed by atoms with E-state index in [2.05, 4.69) is 5.32 Å². The molecular formula is C20H17NO2. The Morgan fingerprint density at radius 2 is 1.52 bits per heavy atom. The number of anilines is 1. The van der Waals surface area contributed by atoms with Crippen LogP contribution in [0, 0.1) is 0 Å². The first kappa shape index (κ1) is 14.9. The normalized spacial score (nSPS) is 10.1. The summed E-state index contributed by atoms with van der Waals surface area (Å²) < 4.78 is 5.98. The predicted octanol–water partition coefficient (Wildman–Crippen LogP) is 4.50. The quantitative estimate of drug-likeness (QED) is 0.681. The SMILES string of the molecule is O=CNc1ccc(-c2ccccc2OCc2ccccc2)cc1. The second-order valence-electron chi connectivity index (χ2n) is 5.11. The van der Waals surface area contributed by atoms with E-state index >= 15 is 0 Å². The van der Waals surface area contributed by atoms with Crippen molar-refractivity contribution in [3.63, 3.8) is 0 Å². The molecule has 114 valence electrons. The van der Waals surface area contributed by atoms with Crippen molar-refractivity contribution in [2.24, 2.45) is 0 Å². The molecule has 0 fully saturated rings. The zero-order valence-electron chi connectivity index (χ0n) is 12.6. The number of rotatable bonds is 6. The highest BCUT2D eigenvalue weighted by atomic mass is 16.5. The summed E-state index contributed by atoms with van der Waals surface area (Å²) in [5, 5.41) is 2.64. The summed E-state index contributed by atoms with van der Waals surface area (Å²) in [5.74, 6) is 0.840. The molecule has 0 aliphatic rings.